The van der Waals surface area contributed by atoms with Gasteiger partial charge in [-0.1, -0.05) is 42.5 Å². The number of ether oxygens (including phenoxy) is 2. The maximum Gasteiger partial charge on any atom is 0.383 e. The summed E-state index contributed by atoms with van der Waals surface area (Å²) < 4.78 is 10.1. The van der Waals surface area contributed by atoms with Crippen molar-refractivity contribution < 1.29 is 29.3 Å². The summed E-state index contributed by atoms with van der Waals surface area (Å²) in [7, 11) is 0. The second kappa shape index (κ2) is 9.91. The van der Waals surface area contributed by atoms with Crippen LogP contribution in [0.2, 0.25) is 0 Å². The lowest BCUT2D eigenvalue weighted by Gasteiger charge is -2.05. The Bertz CT molecular complexity index is 670. The Hall–Kier alpha value is -2.99. The quantitative estimate of drug-likeness (QED) is 0.431. The summed E-state index contributed by atoms with van der Waals surface area (Å²) >= 11 is 0. The maximum atomic E-state index is 11.8. The molecule has 0 spiro atoms. The molecule has 24 heavy (non-hydrogen) atoms. The lowest BCUT2D eigenvalue weighted by molar-refractivity contribution is -0.157. The molecule has 1 aliphatic rings. The van der Waals surface area contributed by atoms with E-state index in [1.54, 1.807) is 48.6 Å². The van der Waals surface area contributed by atoms with Crippen LogP contribution in [0.25, 0.3) is 0 Å². The smallest absolute Gasteiger partial charge is 0.383 e. The first kappa shape index (κ1) is 19.1. The minimum absolute atomic E-state index is 0. The summed E-state index contributed by atoms with van der Waals surface area (Å²) in [5.41, 5.74) is 0.747. The van der Waals surface area contributed by atoms with Gasteiger partial charge in [-0.05, 0) is 17.7 Å². The number of carbonyl (C=O) groups is 3. The molecule has 1 aromatic carbocycles. The Morgan fingerprint density at radius 3 is 2.50 bits per heavy atom. The average Bonchev–Trinajstić information content (AvgIpc) is 2.86. The zero-order valence-corrected chi connectivity index (χ0v) is 12.9. The third-order valence-corrected chi connectivity index (χ3v) is 3.05. The van der Waals surface area contributed by atoms with Crippen LogP contribution < -0.4 is 0 Å². The number of esters is 1. The van der Waals surface area contributed by atoms with Gasteiger partial charge in [-0.15, -0.1) is 0 Å². The van der Waals surface area contributed by atoms with Gasteiger partial charge in [0.1, 0.15) is 12.4 Å². The summed E-state index contributed by atoms with van der Waals surface area (Å²) in [6.45, 7) is -0.0391. The van der Waals surface area contributed by atoms with Crippen LogP contribution in [0.5, 0.6) is 0 Å². The first-order chi connectivity index (χ1) is 11.2. The molecule has 1 aliphatic heterocycles. The first-order valence-electron chi connectivity index (χ1n) is 7.14. The van der Waals surface area contributed by atoms with E-state index in [9.17, 15) is 14.4 Å². The van der Waals surface area contributed by atoms with E-state index in [0.717, 1.165) is 5.56 Å². The predicted molar refractivity (Wildman–Crippen MR) is 86.5 cm³/mol. The summed E-state index contributed by atoms with van der Waals surface area (Å²) in [6, 6.07) is 8.93. The fourth-order valence-corrected chi connectivity index (χ4v) is 1.83. The van der Waals surface area contributed by atoms with Crippen LogP contribution >= 0.6 is 0 Å². The number of ketones is 2. The van der Waals surface area contributed by atoms with Crippen LogP contribution in [-0.4, -0.2) is 23.0 Å². The molecular formula is C18H18O6. The molecule has 0 atom stereocenters. The summed E-state index contributed by atoms with van der Waals surface area (Å²) in [6.07, 6.45) is 8.57. The van der Waals surface area contributed by atoms with Crippen molar-refractivity contribution in [2.45, 2.75) is 19.4 Å². The van der Waals surface area contributed by atoms with E-state index >= 15 is 0 Å². The van der Waals surface area contributed by atoms with Gasteiger partial charge in [0.15, 0.2) is 0 Å². The highest BCUT2D eigenvalue weighted by molar-refractivity contribution is 6.62. The molecule has 0 aromatic heterocycles. The van der Waals surface area contributed by atoms with Crippen molar-refractivity contribution in [1.29, 1.82) is 0 Å². The first-order valence-corrected chi connectivity index (χ1v) is 7.14. The second-order valence-corrected chi connectivity index (χ2v) is 4.78. The average molecular weight is 330 g/mol. The minimum atomic E-state index is -1.14. The standard InChI is InChI=1S/C18H16O5.H2O/c19-16(11-10-15-9-5-2-6-12-22-15)17(20)18(21)23-13-14-7-3-1-4-8-14;/h1-9,12H,10-11,13H2;1H2. The Balaban J connectivity index is 0.00000288. The highest BCUT2D eigenvalue weighted by atomic mass is 16.5. The van der Waals surface area contributed by atoms with E-state index in [1.807, 2.05) is 6.07 Å². The summed E-state index contributed by atoms with van der Waals surface area (Å²) in [5, 5.41) is 0. The molecule has 6 heteroatoms. The van der Waals surface area contributed by atoms with Crippen molar-refractivity contribution in [2.75, 3.05) is 0 Å². The zero-order valence-electron chi connectivity index (χ0n) is 12.9. The van der Waals surface area contributed by atoms with Gasteiger partial charge in [-0.2, -0.15) is 0 Å². The lowest BCUT2D eigenvalue weighted by atomic mass is 10.1. The van der Waals surface area contributed by atoms with Crippen LogP contribution in [0, 0.1) is 0 Å². The third-order valence-electron chi connectivity index (χ3n) is 3.05. The molecule has 0 unspecified atom stereocenters. The van der Waals surface area contributed by atoms with Gasteiger partial charge >= 0.3 is 11.8 Å². The molecule has 0 fully saturated rings. The van der Waals surface area contributed by atoms with Crippen LogP contribution in [0.15, 0.2) is 66.7 Å². The van der Waals surface area contributed by atoms with E-state index in [0.29, 0.717) is 5.76 Å². The summed E-state index contributed by atoms with van der Waals surface area (Å²) in [5.74, 6) is -2.51. The van der Waals surface area contributed by atoms with Crippen LogP contribution in [0.4, 0.5) is 0 Å². The predicted octanol–water partition coefficient (Wildman–Crippen LogP) is 1.81. The molecule has 0 aliphatic carbocycles. The number of benzene rings is 1. The van der Waals surface area contributed by atoms with Crippen molar-refractivity contribution in [3.8, 4) is 0 Å². The van der Waals surface area contributed by atoms with E-state index < -0.39 is 17.5 Å². The maximum absolute atomic E-state index is 11.8. The fraction of sp³-hybridized carbons (Fsp3) is 0.167. The Labute approximate surface area is 139 Å². The second-order valence-electron chi connectivity index (χ2n) is 4.78. The third kappa shape index (κ3) is 6.02. The highest BCUT2D eigenvalue weighted by Crippen LogP contribution is 2.11. The van der Waals surface area contributed by atoms with Gasteiger partial charge in [-0.3, -0.25) is 9.59 Å². The molecular weight excluding hydrogens is 312 g/mol. The number of allylic oxidation sites excluding steroid dienone is 5. The number of Topliss-reactive ketones (excluding diaryl/α,β-unsaturated/α-hetero) is 2. The van der Waals surface area contributed by atoms with E-state index in [4.69, 9.17) is 9.47 Å². The van der Waals surface area contributed by atoms with Crippen LogP contribution in [0.1, 0.15) is 18.4 Å². The number of hydrogen-bond acceptors (Lipinski definition) is 5. The molecule has 1 aromatic rings. The van der Waals surface area contributed by atoms with Gasteiger partial charge in [-0.25, -0.2) is 4.79 Å². The van der Waals surface area contributed by atoms with Gasteiger partial charge < -0.3 is 14.9 Å². The van der Waals surface area contributed by atoms with Crippen molar-refractivity contribution in [1.82, 2.24) is 0 Å². The highest BCUT2D eigenvalue weighted by Gasteiger charge is 2.24. The Morgan fingerprint density at radius 2 is 1.75 bits per heavy atom. The largest absolute Gasteiger partial charge is 0.469 e. The number of rotatable bonds is 7. The lowest BCUT2D eigenvalue weighted by Crippen LogP contribution is -2.26. The topological polar surface area (TPSA) is 101 Å². The van der Waals surface area contributed by atoms with Crippen molar-refractivity contribution in [3.05, 3.63) is 72.2 Å². The van der Waals surface area contributed by atoms with Crippen LogP contribution in [0.3, 0.4) is 0 Å². The minimum Gasteiger partial charge on any atom is -0.469 e. The normalized spacial score (nSPS) is 12.2. The van der Waals surface area contributed by atoms with Gasteiger partial charge in [0.05, 0.1) is 6.26 Å². The molecule has 0 amide bonds. The number of hydrogen-bond donors (Lipinski definition) is 0. The molecule has 0 bridgehead atoms. The molecule has 0 saturated heterocycles. The summed E-state index contributed by atoms with van der Waals surface area (Å²) in [4.78, 5) is 35.1. The van der Waals surface area contributed by atoms with E-state index in [-0.39, 0.29) is 24.9 Å². The molecule has 126 valence electrons. The Kier molecular flexibility index (Phi) is 7.87. The fourth-order valence-electron chi connectivity index (χ4n) is 1.83. The zero-order chi connectivity index (χ0) is 16.5. The monoisotopic (exact) mass is 330 g/mol. The van der Waals surface area contributed by atoms with Gasteiger partial charge in [0, 0.05) is 12.8 Å². The van der Waals surface area contributed by atoms with Gasteiger partial charge in [0.2, 0.25) is 5.78 Å². The van der Waals surface area contributed by atoms with Crippen molar-refractivity contribution in [3.63, 3.8) is 0 Å². The van der Waals surface area contributed by atoms with E-state index in [1.165, 1.54) is 6.26 Å². The van der Waals surface area contributed by atoms with Crippen molar-refractivity contribution >= 4 is 17.5 Å². The van der Waals surface area contributed by atoms with Crippen molar-refractivity contribution in [2.24, 2.45) is 0 Å². The molecule has 2 rings (SSSR count). The SMILES string of the molecule is O.O=C(CCC1=CC=CC=CO1)C(=O)C(=O)OCc1ccccc1. The Morgan fingerprint density at radius 1 is 1.00 bits per heavy atom. The number of carbonyl (C=O) groups excluding carboxylic acids is 3. The van der Waals surface area contributed by atoms with E-state index in [2.05, 4.69) is 0 Å². The molecule has 0 radical (unpaired) electrons. The molecule has 2 N–H and O–H groups in total. The van der Waals surface area contributed by atoms with Crippen LogP contribution in [-0.2, 0) is 30.5 Å². The molecule has 1 heterocycles. The van der Waals surface area contributed by atoms with Gasteiger partial charge in [0.25, 0.3) is 0 Å². The molecule has 6 nitrogen and oxygen atoms in total. The molecule has 0 saturated carbocycles.